The van der Waals surface area contributed by atoms with Crippen LogP contribution >= 0.6 is 0 Å². The highest BCUT2D eigenvalue weighted by molar-refractivity contribution is 5.78. The molecule has 2 aliphatic carbocycles. The number of fused-ring (bicyclic) bond motifs is 5. The quantitative estimate of drug-likeness (QED) is 0.771. The molecule has 3 nitrogen and oxygen atoms in total. The molecule has 2 saturated carbocycles. The van der Waals surface area contributed by atoms with Gasteiger partial charge in [0.1, 0.15) is 0 Å². The van der Waals surface area contributed by atoms with E-state index in [4.69, 9.17) is 4.74 Å². The first-order chi connectivity index (χ1) is 9.33. The molecule has 1 aromatic rings. The van der Waals surface area contributed by atoms with Crippen molar-refractivity contribution in [2.24, 2.45) is 22.7 Å². The van der Waals surface area contributed by atoms with Crippen LogP contribution in [0.1, 0.15) is 19.3 Å². The lowest BCUT2D eigenvalue weighted by Gasteiger charge is -2.42. The van der Waals surface area contributed by atoms with Crippen molar-refractivity contribution >= 4 is 11.7 Å². The van der Waals surface area contributed by atoms with Crippen LogP contribution in [0.2, 0.25) is 0 Å². The van der Waals surface area contributed by atoms with Crippen LogP contribution in [0.25, 0.3) is 0 Å². The molecule has 1 aliphatic heterocycles. The molecule has 3 heteroatoms. The number of aliphatic imine (C=N–C) groups is 1. The van der Waals surface area contributed by atoms with Gasteiger partial charge in [-0.15, -0.1) is 0 Å². The predicted octanol–water partition coefficient (Wildman–Crippen LogP) is 3.05. The first kappa shape index (κ1) is 11.3. The molecule has 1 aromatic carbocycles. The molecule has 3 fully saturated rings. The van der Waals surface area contributed by atoms with Crippen LogP contribution in [0, 0.1) is 17.8 Å². The zero-order valence-electron chi connectivity index (χ0n) is 11.3. The molecule has 0 radical (unpaired) electrons. The number of amidine groups is 1. The topological polar surface area (TPSA) is 24.8 Å². The highest BCUT2D eigenvalue weighted by Gasteiger charge is 2.52. The van der Waals surface area contributed by atoms with E-state index in [1.807, 2.05) is 30.3 Å². The van der Waals surface area contributed by atoms with Crippen molar-refractivity contribution in [1.29, 1.82) is 0 Å². The van der Waals surface area contributed by atoms with Gasteiger partial charge in [0.25, 0.3) is 6.02 Å². The molecule has 0 unspecified atom stereocenters. The Morgan fingerprint density at radius 1 is 1.16 bits per heavy atom. The molecule has 0 N–H and O–H groups in total. The summed E-state index contributed by atoms with van der Waals surface area (Å²) >= 11 is 0. The van der Waals surface area contributed by atoms with Crippen molar-refractivity contribution in [2.75, 3.05) is 13.7 Å². The lowest BCUT2D eigenvalue weighted by molar-refractivity contribution is 0.0466. The normalized spacial score (nSPS) is 38.4. The van der Waals surface area contributed by atoms with Gasteiger partial charge < -0.3 is 9.64 Å². The van der Waals surface area contributed by atoms with E-state index in [9.17, 15) is 0 Å². The highest BCUT2D eigenvalue weighted by Crippen LogP contribution is 2.51. The fourth-order valence-corrected chi connectivity index (χ4v) is 4.34. The van der Waals surface area contributed by atoms with Gasteiger partial charge in [0.2, 0.25) is 0 Å². The van der Waals surface area contributed by atoms with Crippen LogP contribution in [0.3, 0.4) is 0 Å². The number of ether oxygens (including phenoxy) is 1. The maximum atomic E-state index is 5.94. The number of para-hydroxylation sites is 1. The van der Waals surface area contributed by atoms with Crippen molar-refractivity contribution < 1.29 is 4.74 Å². The van der Waals surface area contributed by atoms with Crippen molar-refractivity contribution in [3.8, 4) is 0 Å². The molecule has 100 valence electrons. The minimum atomic E-state index is 0.662. The molecule has 1 heterocycles. The van der Waals surface area contributed by atoms with Crippen molar-refractivity contribution in [1.82, 2.24) is 4.90 Å². The molecule has 4 rings (SSSR count). The van der Waals surface area contributed by atoms with Crippen molar-refractivity contribution in [3.63, 3.8) is 0 Å². The van der Waals surface area contributed by atoms with Crippen LogP contribution in [0.4, 0.5) is 5.69 Å². The minimum Gasteiger partial charge on any atom is -0.465 e. The SMILES string of the molecule is CN1C(=Nc2ccccc2)OC[C@@H]2[C@H]3CC[C@H](C3)[C@@H]21. The number of hydrogen-bond donors (Lipinski definition) is 0. The third-order valence-corrected chi connectivity index (χ3v) is 5.18. The average Bonchev–Trinajstić information content (AvgIpc) is 3.04. The second-order valence-electron chi connectivity index (χ2n) is 6.14. The smallest absolute Gasteiger partial charge is 0.292 e. The molecule has 3 aliphatic rings. The molecule has 0 spiro atoms. The van der Waals surface area contributed by atoms with Gasteiger partial charge in [-0.1, -0.05) is 18.2 Å². The lowest BCUT2D eigenvalue weighted by atomic mass is 9.83. The number of nitrogens with zero attached hydrogens (tertiary/aromatic N) is 2. The maximum absolute atomic E-state index is 5.94. The maximum Gasteiger partial charge on any atom is 0.292 e. The Kier molecular flexibility index (Phi) is 2.54. The fourth-order valence-electron chi connectivity index (χ4n) is 4.34. The number of hydrogen-bond acceptors (Lipinski definition) is 2. The van der Waals surface area contributed by atoms with Crippen LogP contribution < -0.4 is 0 Å². The van der Waals surface area contributed by atoms with Gasteiger partial charge in [-0.05, 0) is 43.2 Å². The molecular weight excluding hydrogens is 236 g/mol. The van der Waals surface area contributed by atoms with Crippen LogP contribution in [0.15, 0.2) is 35.3 Å². The first-order valence-electron chi connectivity index (χ1n) is 7.32. The van der Waals surface area contributed by atoms with Gasteiger partial charge in [-0.25, -0.2) is 0 Å². The van der Waals surface area contributed by atoms with E-state index in [1.165, 1.54) is 19.3 Å². The molecular formula is C16H20N2O. The Labute approximate surface area is 114 Å². The Hall–Kier alpha value is -1.51. The minimum absolute atomic E-state index is 0.662. The predicted molar refractivity (Wildman–Crippen MR) is 75.4 cm³/mol. The first-order valence-corrected chi connectivity index (χ1v) is 7.32. The molecule has 19 heavy (non-hydrogen) atoms. The van der Waals surface area contributed by atoms with Gasteiger partial charge in [0.15, 0.2) is 0 Å². The lowest BCUT2D eigenvalue weighted by Crippen LogP contribution is -2.52. The summed E-state index contributed by atoms with van der Waals surface area (Å²) in [5, 5.41) is 0. The summed E-state index contributed by atoms with van der Waals surface area (Å²) in [5.41, 5.74) is 0.978. The summed E-state index contributed by atoms with van der Waals surface area (Å²) in [6.07, 6.45) is 4.21. The van der Waals surface area contributed by atoms with Gasteiger partial charge in [-0.3, -0.25) is 0 Å². The summed E-state index contributed by atoms with van der Waals surface area (Å²) in [6, 6.07) is 11.6. The van der Waals surface area contributed by atoms with E-state index in [-0.39, 0.29) is 0 Å². The van der Waals surface area contributed by atoms with Gasteiger partial charge in [-0.2, -0.15) is 4.99 Å². The van der Waals surface area contributed by atoms with E-state index in [0.717, 1.165) is 36.1 Å². The van der Waals surface area contributed by atoms with E-state index in [2.05, 4.69) is 16.9 Å². The number of benzene rings is 1. The van der Waals surface area contributed by atoms with Crippen LogP contribution in [-0.2, 0) is 4.74 Å². The van der Waals surface area contributed by atoms with Gasteiger partial charge in [0, 0.05) is 19.0 Å². The summed E-state index contributed by atoms with van der Waals surface area (Å²) < 4.78 is 5.94. The van der Waals surface area contributed by atoms with Gasteiger partial charge in [0.05, 0.1) is 12.3 Å². The number of rotatable bonds is 1. The average molecular weight is 256 g/mol. The summed E-state index contributed by atoms with van der Waals surface area (Å²) in [6.45, 7) is 0.863. The Balaban J connectivity index is 1.61. The van der Waals surface area contributed by atoms with E-state index >= 15 is 0 Å². The Bertz CT molecular complexity index is 499. The zero-order chi connectivity index (χ0) is 12.8. The third-order valence-electron chi connectivity index (χ3n) is 5.18. The molecule has 0 aromatic heterocycles. The second kappa shape index (κ2) is 4.26. The highest BCUT2D eigenvalue weighted by atomic mass is 16.5. The van der Waals surface area contributed by atoms with Crippen molar-refractivity contribution in [2.45, 2.75) is 25.3 Å². The largest absolute Gasteiger partial charge is 0.465 e. The van der Waals surface area contributed by atoms with Crippen molar-refractivity contribution in [3.05, 3.63) is 30.3 Å². The standard InChI is InChI=1S/C16H20N2O/c1-18-15-12-8-7-11(9-12)14(15)10-19-16(18)17-13-5-3-2-4-6-13/h2-6,11-12,14-15H,7-10H2,1H3/t11-,12+,14+,15-/m0/s1. The second-order valence-corrected chi connectivity index (χ2v) is 6.14. The molecule has 1 saturated heterocycles. The fraction of sp³-hybridized carbons (Fsp3) is 0.562. The summed E-state index contributed by atoms with van der Waals surface area (Å²) in [7, 11) is 2.15. The summed E-state index contributed by atoms with van der Waals surface area (Å²) in [5.74, 6) is 2.50. The molecule has 4 atom stereocenters. The monoisotopic (exact) mass is 256 g/mol. The molecule has 0 amide bonds. The third kappa shape index (κ3) is 1.75. The van der Waals surface area contributed by atoms with Crippen LogP contribution in [0.5, 0.6) is 0 Å². The zero-order valence-corrected chi connectivity index (χ0v) is 11.3. The van der Waals surface area contributed by atoms with E-state index in [1.54, 1.807) is 0 Å². The van der Waals surface area contributed by atoms with E-state index in [0.29, 0.717) is 6.04 Å². The van der Waals surface area contributed by atoms with Crippen LogP contribution in [-0.4, -0.2) is 30.6 Å². The van der Waals surface area contributed by atoms with Gasteiger partial charge >= 0.3 is 0 Å². The Morgan fingerprint density at radius 2 is 1.95 bits per heavy atom. The summed E-state index contributed by atoms with van der Waals surface area (Å²) in [4.78, 5) is 6.96. The molecule has 2 bridgehead atoms. The van der Waals surface area contributed by atoms with E-state index < -0.39 is 0 Å². The Morgan fingerprint density at radius 3 is 2.79 bits per heavy atom.